The van der Waals surface area contributed by atoms with E-state index in [9.17, 15) is 0 Å². The Bertz CT molecular complexity index is 826. The van der Waals surface area contributed by atoms with Crippen molar-refractivity contribution in [1.29, 1.82) is 0 Å². The molecule has 7 heteroatoms. The van der Waals surface area contributed by atoms with E-state index in [2.05, 4.69) is 25.0 Å². The summed E-state index contributed by atoms with van der Waals surface area (Å²) in [7, 11) is 0. The van der Waals surface area contributed by atoms with Crippen molar-refractivity contribution in [1.82, 2.24) is 25.1 Å². The van der Waals surface area contributed by atoms with Crippen LogP contribution in [0, 0.1) is 12.8 Å². The van der Waals surface area contributed by atoms with Crippen LogP contribution in [0.15, 0.2) is 41.3 Å². The molecule has 0 unspecified atom stereocenters. The van der Waals surface area contributed by atoms with E-state index >= 15 is 0 Å². The Balaban J connectivity index is 1.41. The standard InChI is InChI=1S/C18H20N6O/c1-13-21-17(23-25-13)11-14-5-9-24(10-6-14)18-20-8-4-16(22-18)15-3-2-7-19-12-15/h2-4,7-8,12,14H,5-6,9-11H2,1H3. The predicted molar refractivity (Wildman–Crippen MR) is 92.9 cm³/mol. The monoisotopic (exact) mass is 336 g/mol. The Kier molecular flexibility index (Phi) is 4.37. The fourth-order valence-electron chi connectivity index (χ4n) is 3.20. The van der Waals surface area contributed by atoms with Crippen LogP contribution in [0.1, 0.15) is 24.6 Å². The minimum atomic E-state index is 0.578. The van der Waals surface area contributed by atoms with Crippen molar-refractivity contribution in [3.05, 3.63) is 48.5 Å². The number of piperidine rings is 1. The Labute approximate surface area is 146 Å². The van der Waals surface area contributed by atoms with Gasteiger partial charge in [0.1, 0.15) is 0 Å². The van der Waals surface area contributed by atoms with E-state index in [0.717, 1.165) is 55.4 Å². The zero-order valence-corrected chi connectivity index (χ0v) is 14.2. The van der Waals surface area contributed by atoms with Gasteiger partial charge < -0.3 is 9.42 Å². The molecule has 3 aromatic rings. The van der Waals surface area contributed by atoms with Gasteiger partial charge in [-0.25, -0.2) is 9.97 Å². The summed E-state index contributed by atoms with van der Waals surface area (Å²) < 4.78 is 5.06. The molecule has 4 heterocycles. The Morgan fingerprint density at radius 1 is 1.16 bits per heavy atom. The van der Waals surface area contributed by atoms with Gasteiger partial charge >= 0.3 is 0 Å². The van der Waals surface area contributed by atoms with Crippen LogP contribution in [0.25, 0.3) is 11.3 Å². The molecule has 3 aromatic heterocycles. The fourth-order valence-corrected chi connectivity index (χ4v) is 3.20. The molecule has 0 amide bonds. The molecule has 128 valence electrons. The summed E-state index contributed by atoms with van der Waals surface area (Å²) in [4.78, 5) is 19.9. The van der Waals surface area contributed by atoms with Crippen LogP contribution in [0.2, 0.25) is 0 Å². The van der Waals surface area contributed by atoms with Crippen LogP contribution in [0.4, 0.5) is 5.95 Å². The van der Waals surface area contributed by atoms with Crippen molar-refractivity contribution in [3.8, 4) is 11.3 Å². The number of nitrogens with zero attached hydrogens (tertiary/aromatic N) is 6. The molecule has 4 rings (SSSR count). The highest BCUT2D eigenvalue weighted by molar-refractivity contribution is 5.58. The maximum absolute atomic E-state index is 5.06. The van der Waals surface area contributed by atoms with Crippen LogP contribution in [-0.2, 0) is 6.42 Å². The summed E-state index contributed by atoms with van der Waals surface area (Å²) in [6.45, 7) is 3.71. The van der Waals surface area contributed by atoms with Crippen molar-refractivity contribution in [2.75, 3.05) is 18.0 Å². The van der Waals surface area contributed by atoms with E-state index < -0.39 is 0 Å². The molecular weight excluding hydrogens is 316 g/mol. The highest BCUT2D eigenvalue weighted by Crippen LogP contribution is 2.24. The smallest absolute Gasteiger partial charge is 0.225 e. The number of pyridine rings is 1. The maximum Gasteiger partial charge on any atom is 0.225 e. The second-order valence-electron chi connectivity index (χ2n) is 6.35. The van der Waals surface area contributed by atoms with E-state index in [4.69, 9.17) is 9.51 Å². The molecule has 7 nitrogen and oxygen atoms in total. The SMILES string of the molecule is Cc1nc(CC2CCN(c3nccc(-c4cccnc4)n3)CC2)no1. The first-order chi connectivity index (χ1) is 12.3. The molecule has 0 N–H and O–H groups in total. The van der Waals surface area contributed by atoms with E-state index in [-0.39, 0.29) is 0 Å². The maximum atomic E-state index is 5.06. The molecule has 1 aliphatic rings. The lowest BCUT2D eigenvalue weighted by Crippen LogP contribution is -2.35. The summed E-state index contributed by atoms with van der Waals surface area (Å²) in [5.74, 6) is 2.81. The average Bonchev–Trinajstić information content (AvgIpc) is 3.08. The predicted octanol–water partition coefficient (Wildman–Crippen LogP) is 2.69. The van der Waals surface area contributed by atoms with Gasteiger partial charge in [-0.15, -0.1) is 0 Å². The molecular formula is C18H20N6O. The number of aromatic nitrogens is 5. The van der Waals surface area contributed by atoms with E-state index in [1.165, 1.54) is 0 Å². The number of hydrogen-bond donors (Lipinski definition) is 0. The molecule has 0 spiro atoms. The molecule has 1 fully saturated rings. The van der Waals surface area contributed by atoms with Crippen molar-refractivity contribution in [2.45, 2.75) is 26.2 Å². The van der Waals surface area contributed by atoms with Crippen LogP contribution in [0.5, 0.6) is 0 Å². The summed E-state index contributed by atoms with van der Waals surface area (Å²) >= 11 is 0. The molecule has 1 saturated heterocycles. The minimum Gasteiger partial charge on any atom is -0.341 e. The van der Waals surface area contributed by atoms with Crippen LogP contribution >= 0.6 is 0 Å². The Morgan fingerprint density at radius 2 is 2.04 bits per heavy atom. The van der Waals surface area contributed by atoms with Gasteiger partial charge in [0.15, 0.2) is 5.82 Å². The van der Waals surface area contributed by atoms with E-state index in [1.54, 1.807) is 6.20 Å². The molecule has 0 aromatic carbocycles. The normalized spacial score (nSPS) is 15.5. The summed E-state index contributed by atoms with van der Waals surface area (Å²) in [5, 5.41) is 4.00. The highest BCUT2D eigenvalue weighted by Gasteiger charge is 2.23. The quantitative estimate of drug-likeness (QED) is 0.724. The topological polar surface area (TPSA) is 80.8 Å². The lowest BCUT2D eigenvalue weighted by atomic mass is 9.93. The van der Waals surface area contributed by atoms with Crippen molar-refractivity contribution >= 4 is 5.95 Å². The largest absolute Gasteiger partial charge is 0.341 e. The number of anilines is 1. The Hall–Kier alpha value is -2.83. The van der Waals surface area contributed by atoms with Crippen molar-refractivity contribution < 1.29 is 4.52 Å². The zero-order valence-electron chi connectivity index (χ0n) is 14.2. The van der Waals surface area contributed by atoms with Crippen LogP contribution in [-0.4, -0.2) is 38.2 Å². The lowest BCUT2D eigenvalue weighted by molar-refractivity contribution is 0.365. The van der Waals surface area contributed by atoms with Gasteiger partial charge in [0, 0.05) is 50.6 Å². The van der Waals surface area contributed by atoms with Gasteiger partial charge in [-0.3, -0.25) is 4.98 Å². The van der Waals surface area contributed by atoms with Gasteiger partial charge in [-0.2, -0.15) is 4.98 Å². The number of rotatable bonds is 4. The third-order valence-electron chi connectivity index (χ3n) is 4.54. The molecule has 1 aliphatic heterocycles. The molecule has 0 bridgehead atoms. The van der Waals surface area contributed by atoms with Gasteiger partial charge in [-0.1, -0.05) is 5.16 Å². The van der Waals surface area contributed by atoms with Crippen molar-refractivity contribution in [3.63, 3.8) is 0 Å². The van der Waals surface area contributed by atoms with Crippen LogP contribution < -0.4 is 4.90 Å². The van der Waals surface area contributed by atoms with Crippen molar-refractivity contribution in [2.24, 2.45) is 5.92 Å². The first-order valence-corrected chi connectivity index (χ1v) is 8.55. The van der Waals surface area contributed by atoms with Gasteiger partial charge in [-0.05, 0) is 37.0 Å². The molecule has 0 atom stereocenters. The third-order valence-corrected chi connectivity index (χ3v) is 4.54. The summed E-state index contributed by atoms with van der Waals surface area (Å²) in [5.41, 5.74) is 1.91. The molecule has 0 aliphatic carbocycles. The molecule has 0 saturated carbocycles. The number of hydrogen-bond acceptors (Lipinski definition) is 7. The average molecular weight is 336 g/mol. The highest BCUT2D eigenvalue weighted by atomic mass is 16.5. The molecule has 0 radical (unpaired) electrons. The first kappa shape index (κ1) is 15.7. The summed E-state index contributed by atoms with van der Waals surface area (Å²) in [6.07, 6.45) is 8.44. The van der Waals surface area contributed by atoms with Gasteiger partial charge in [0.05, 0.1) is 5.69 Å². The minimum absolute atomic E-state index is 0.578. The lowest BCUT2D eigenvalue weighted by Gasteiger charge is -2.31. The number of aryl methyl sites for hydroxylation is 1. The second-order valence-corrected chi connectivity index (χ2v) is 6.35. The van der Waals surface area contributed by atoms with Crippen LogP contribution in [0.3, 0.4) is 0 Å². The van der Waals surface area contributed by atoms with Gasteiger partial charge in [0.2, 0.25) is 11.8 Å². The van der Waals surface area contributed by atoms with E-state index in [0.29, 0.717) is 11.8 Å². The second kappa shape index (κ2) is 6.96. The van der Waals surface area contributed by atoms with Gasteiger partial charge in [0.25, 0.3) is 0 Å². The first-order valence-electron chi connectivity index (χ1n) is 8.55. The fraction of sp³-hybridized carbons (Fsp3) is 0.389. The molecule has 25 heavy (non-hydrogen) atoms. The van der Waals surface area contributed by atoms with E-state index in [1.807, 2.05) is 37.5 Å². The summed E-state index contributed by atoms with van der Waals surface area (Å²) in [6, 6.07) is 5.85. The third kappa shape index (κ3) is 3.65. The zero-order chi connectivity index (χ0) is 17.1. The Morgan fingerprint density at radius 3 is 2.76 bits per heavy atom.